The number of nitrogens with one attached hydrogen (secondary N) is 1. The van der Waals surface area contributed by atoms with Gasteiger partial charge in [-0.15, -0.1) is 11.3 Å². The number of carbonyl (C=O) groups is 2. The minimum Gasteiger partial charge on any atom is -0.476 e. The lowest BCUT2D eigenvalue weighted by molar-refractivity contribution is 0.0691. The summed E-state index contributed by atoms with van der Waals surface area (Å²) in [6.07, 6.45) is 0. The van der Waals surface area contributed by atoms with Crippen LogP contribution in [0.3, 0.4) is 0 Å². The zero-order valence-corrected chi connectivity index (χ0v) is 11.3. The standard InChI is InChI=1S/C13H11FN2O3S/c1-7-2-3-8(14)4-9(7)12(17)15-5-11-16-10(6-20-11)13(18)19/h2-4,6H,5H2,1H3,(H,15,17)(H,18,19). The number of nitrogens with zero attached hydrogens (tertiary/aromatic N) is 1. The van der Waals surface area contributed by atoms with Crippen molar-refractivity contribution in [2.45, 2.75) is 13.5 Å². The summed E-state index contributed by atoms with van der Waals surface area (Å²) in [5.41, 5.74) is 0.857. The summed E-state index contributed by atoms with van der Waals surface area (Å²) in [4.78, 5) is 26.4. The molecule has 2 N–H and O–H groups in total. The maximum Gasteiger partial charge on any atom is 0.355 e. The second-order valence-corrected chi connectivity index (χ2v) is 5.02. The third-order valence-electron chi connectivity index (χ3n) is 2.62. The average molecular weight is 294 g/mol. The third kappa shape index (κ3) is 3.18. The van der Waals surface area contributed by atoms with Gasteiger partial charge < -0.3 is 10.4 Å². The molecule has 5 nitrogen and oxygen atoms in total. The van der Waals surface area contributed by atoms with Gasteiger partial charge in [0.25, 0.3) is 5.91 Å². The molecule has 0 bridgehead atoms. The van der Waals surface area contributed by atoms with Crippen LogP contribution in [0.25, 0.3) is 0 Å². The lowest BCUT2D eigenvalue weighted by Gasteiger charge is -2.06. The molecule has 0 spiro atoms. The molecule has 7 heteroatoms. The van der Waals surface area contributed by atoms with Crippen LogP contribution in [0.15, 0.2) is 23.6 Å². The van der Waals surface area contributed by atoms with E-state index in [2.05, 4.69) is 10.3 Å². The highest BCUT2D eigenvalue weighted by molar-refractivity contribution is 7.09. The zero-order valence-electron chi connectivity index (χ0n) is 10.5. The number of halogens is 1. The number of benzene rings is 1. The van der Waals surface area contributed by atoms with E-state index in [4.69, 9.17) is 5.11 Å². The van der Waals surface area contributed by atoms with Crippen molar-refractivity contribution in [1.29, 1.82) is 0 Å². The molecule has 0 aliphatic rings. The number of aromatic carboxylic acids is 1. The van der Waals surface area contributed by atoms with Gasteiger partial charge in [-0.05, 0) is 24.6 Å². The number of hydrogen-bond donors (Lipinski definition) is 2. The molecule has 2 aromatic rings. The molecule has 0 fully saturated rings. The van der Waals surface area contributed by atoms with Crippen LogP contribution in [0, 0.1) is 12.7 Å². The van der Waals surface area contributed by atoms with Gasteiger partial charge in [0.2, 0.25) is 0 Å². The predicted octanol–water partition coefficient (Wildman–Crippen LogP) is 2.22. The van der Waals surface area contributed by atoms with E-state index < -0.39 is 17.7 Å². The molecule has 104 valence electrons. The topological polar surface area (TPSA) is 79.3 Å². The number of carbonyl (C=O) groups excluding carboxylic acids is 1. The monoisotopic (exact) mass is 294 g/mol. The molecule has 0 aliphatic carbocycles. The van der Waals surface area contributed by atoms with Crippen molar-refractivity contribution in [1.82, 2.24) is 10.3 Å². The molecule has 0 radical (unpaired) electrons. The fourth-order valence-electron chi connectivity index (χ4n) is 1.58. The van der Waals surface area contributed by atoms with E-state index in [1.165, 1.54) is 17.5 Å². The van der Waals surface area contributed by atoms with Gasteiger partial charge in [-0.3, -0.25) is 4.79 Å². The van der Waals surface area contributed by atoms with E-state index in [1.807, 2.05) is 0 Å². The van der Waals surface area contributed by atoms with Crippen molar-refractivity contribution in [3.8, 4) is 0 Å². The van der Waals surface area contributed by atoms with E-state index in [0.29, 0.717) is 10.6 Å². The number of hydrogen-bond acceptors (Lipinski definition) is 4. The van der Waals surface area contributed by atoms with Crippen LogP contribution in [0.4, 0.5) is 4.39 Å². The number of thiazole rings is 1. The fourth-order valence-corrected chi connectivity index (χ4v) is 2.29. The van der Waals surface area contributed by atoms with E-state index in [-0.39, 0.29) is 17.8 Å². The summed E-state index contributed by atoms with van der Waals surface area (Å²) in [5, 5.41) is 13.2. The van der Waals surface area contributed by atoms with Gasteiger partial charge in [-0.2, -0.15) is 0 Å². The maximum atomic E-state index is 13.1. The first-order valence-corrected chi connectivity index (χ1v) is 6.57. The second-order valence-electron chi connectivity index (χ2n) is 4.07. The molecule has 0 saturated heterocycles. The van der Waals surface area contributed by atoms with Gasteiger partial charge in [-0.25, -0.2) is 14.2 Å². The Morgan fingerprint density at radius 1 is 1.45 bits per heavy atom. The largest absolute Gasteiger partial charge is 0.476 e. The van der Waals surface area contributed by atoms with E-state index in [1.54, 1.807) is 6.92 Å². The molecular formula is C13H11FN2O3S. The Labute approximate surface area is 118 Å². The van der Waals surface area contributed by atoms with Gasteiger partial charge >= 0.3 is 5.97 Å². The van der Waals surface area contributed by atoms with Crippen LogP contribution >= 0.6 is 11.3 Å². The predicted molar refractivity (Wildman–Crippen MR) is 71.4 cm³/mol. The van der Waals surface area contributed by atoms with Gasteiger partial charge in [-0.1, -0.05) is 6.07 Å². The van der Waals surface area contributed by atoms with Crippen molar-refractivity contribution < 1.29 is 19.1 Å². The fraction of sp³-hybridized carbons (Fsp3) is 0.154. The summed E-state index contributed by atoms with van der Waals surface area (Å²) >= 11 is 1.14. The first kappa shape index (κ1) is 14.1. The highest BCUT2D eigenvalue weighted by Gasteiger charge is 2.12. The number of carboxylic acid groups (broad SMARTS) is 1. The first-order chi connectivity index (χ1) is 9.47. The summed E-state index contributed by atoms with van der Waals surface area (Å²) in [5.74, 6) is -2.02. The summed E-state index contributed by atoms with van der Waals surface area (Å²) < 4.78 is 13.1. The van der Waals surface area contributed by atoms with E-state index in [9.17, 15) is 14.0 Å². The van der Waals surface area contributed by atoms with Crippen LogP contribution in [-0.4, -0.2) is 22.0 Å². The van der Waals surface area contributed by atoms with Crippen molar-refractivity contribution >= 4 is 23.2 Å². The van der Waals surface area contributed by atoms with Crippen LogP contribution in [0.5, 0.6) is 0 Å². The Kier molecular flexibility index (Phi) is 4.09. The molecular weight excluding hydrogens is 283 g/mol. The molecule has 0 saturated carbocycles. The molecule has 2 rings (SSSR count). The highest BCUT2D eigenvalue weighted by atomic mass is 32.1. The first-order valence-electron chi connectivity index (χ1n) is 5.69. The van der Waals surface area contributed by atoms with Gasteiger partial charge in [0.1, 0.15) is 10.8 Å². The summed E-state index contributed by atoms with van der Waals surface area (Å²) in [7, 11) is 0. The van der Waals surface area contributed by atoms with Gasteiger partial charge in [0, 0.05) is 10.9 Å². The van der Waals surface area contributed by atoms with Gasteiger partial charge in [0.15, 0.2) is 5.69 Å². The Hall–Kier alpha value is -2.28. The lowest BCUT2D eigenvalue weighted by atomic mass is 10.1. The van der Waals surface area contributed by atoms with Crippen LogP contribution in [0.2, 0.25) is 0 Å². The number of carboxylic acids is 1. The Morgan fingerprint density at radius 2 is 2.20 bits per heavy atom. The SMILES string of the molecule is Cc1ccc(F)cc1C(=O)NCc1nc(C(=O)O)cs1. The number of rotatable bonds is 4. The molecule has 0 unspecified atom stereocenters. The molecule has 1 heterocycles. The van der Waals surface area contributed by atoms with Gasteiger partial charge in [0.05, 0.1) is 6.54 Å². The quantitative estimate of drug-likeness (QED) is 0.906. The van der Waals surface area contributed by atoms with Crippen LogP contribution in [0.1, 0.15) is 31.4 Å². The number of amides is 1. The third-order valence-corrected chi connectivity index (χ3v) is 3.46. The molecule has 1 aromatic heterocycles. The molecule has 20 heavy (non-hydrogen) atoms. The zero-order chi connectivity index (χ0) is 14.7. The number of aromatic nitrogens is 1. The highest BCUT2D eigenvalue weighted by Crippen LogP contribution is 2.12. The molecule has 0 aliphatic heterocycles. The van der Waals surface area contributed by atoms with Crippen molar-refractivity contribution in [2.75, 3.05) is 0 Å². The number of aryl methyl sites for hydroxylation is 1. The minimum absolute atomic E-state index is 0.0545. The summed E-state index contributed by atoms with van der Waals surface area (Å²) in [6.45, 7) is 1.81. The normalized spacial score (nSPS) is 10.3. The summed E-state index contributed by atoms with van der Waals surface area (Å²) in [6, 6.07) is 3.97. The smallest absolute Gasteiger partial charge is 0.355 e. The Bertz CT molecular complexity index is 669. The van der Waals surface area contributed by atoms with Crippen molar-refractivity contribution in [3.63, 3.8) is 0 Å². The minimum atomic E-state index is -1.11. The maximum absolute atomic E-state index is 13.1. The second kappa shape index (κ2) is 5.79. The van der Waals surface area contributed by atoms with E-state index in [0.717, 1.165) is 17.4 Å². The average Bonchev–Trinajstić information content (AvgIpc) is 2.88. The molecule has 1 aromatic carbocycles. The van der Waals surface area contributed by atoms with Crippen LogP contribution in [-0.2, 0) is 6.54 Å². The van der Waals surface area contributed by atoms with Crippen molar-refractivity contribution in [3.05, 3.63) is 51.2 Å². The Balaban J connectivity index is 2.04. The van der Waals surface area contributed by atoms with Crippen LogP contribution < -0.4 is 5.32 Å². The lowest BCUT2D eigenvalue weighted by Crippen LogP contribution is -2.23. The molecule has 1 amide bonds. The van der Waals surface area contributed by atoms with E-state index >= 15 is 0 Å². The van der Waals surface area contributed by atoms with Crippen molar-refractivity contribution in [2.24, 2.45) is 0 Å². The Morgan fingerprint density at radius 3 is 2.85 bits per heavy atom. The molecule has 0 atom stereocenters.